The van der Waals surface area contributed by atoms with E-state index in [2.05, 4.69) is 5.32 Å². The fraction of sp³-hybridized carbons (Fsp3) is 0.571. The maximum absolute atomic E-state index is 12.1. The third-order valence-corrected chi connectivity index (χ3v) is 3.58. The van der Waals surface area contributed by atoms with Crippen LogP contribution in [0.15, 0.2) is 22.8 Å². The van der Waals surface area contributed by atoms with E-state index in [1.165, 1.54) is 6.26 Å². The highest BCUT2D eigenvalue weighted by Crippen LogP contribution is 2.27. The molecule has 20 heavy (non-hydrogen) atoms. The smallest absolute Gasteiger partial charge is 0.287 e. The van der Waals surface area contributed by atoms with Crippen LogP contribution < -0.4 is 5.32 Å². The number of likely N-dealkylation sites (N-methyl/N-ethyl adjacent to an activating group) is 1. The van der Waals surface area contributed by atoms with Crippen molar-refractivity contribution in [2.45, 2.75) is 31.9 Å². The average Bonchev–Trinajstić information content (AvgIpc) is 2.89. The fourth-order valence-electron chi connectivity index (χ4n) is 2.39. The summed E-state index contributed by atoms with van der Waals surface area (Å²) in [5, 5.41) is 11.8. The molecule has 110 valence electrons. The normalized spacial score (nSPS) is 22.8. The van der Waals surface area contributed by atoms with Gasteiger partial charge in [-0.15, -0.1) is 0 Å². The summed E-state index contributed by atoms with van der Waals surface area (Å²) in [5.74, 6) is -0.00374. The molecular weight excluding hydrogens is 260 g/mol. The van der Waals surface area contributed by atoms with E-state index < -0.39 is 11.9 Å². The Morgan fingerprint density at radius 2 is 2.25 bits per heavy atom. The lowest BCUT2D eigenvalue weighted by Gasteiger charge is -2.35. The Bertz CT molecular complexity index is 466. The van der Waals surface area contributed by atoms with Gasteiger partial charge in [-0.1, -0.05) is 0 Å². The molecule has 2 rings (SSSR count). The number of furan rings is 1. The summed E-state index contributed by atoms with van der Waals surface area (Å²) in [7, 11) is 1.71. The second kappa shape index (κ2) is 6.09. The number of carbonyl (C=O) groups is 2. The number of hydrogen-bond acceptors (Lipinski definition) is 4. The van der Waals surface area contributed by atoms with Gasteiger partial charge in [-0.2, -0.15) is 0 Å². The zero-order valence-electron chi connectivity index (χ0n) is 11.7. The first-order valence-corrected chi connectivity index (χ1v) is 6.74. The first-order chi connectivity index (χ1) is 9.47. The molecule has 1 heterocycles. The van der Waals surface area contributed by atoms with Crippen molar-refractivity contribution in [2.24, 2.45) is 5.92 Å². The number of hydrogen-bond donors (Lipinski definition) is 2. The van der Waals surface area contributed by atoms with Crippen molar-refractivity contribution in [2.75, 3.05) is 13.6 Å². The maximum atomic E-state index is 12.1. The standard InChI is InChI=1S/C14H20N2O4/c1-9(15-13(18)12-4-3-5-20-12)14(19)16(2)8-10-6-11(17)7-10/h3-5,9-11,17H,6-8H2,1-2H3,(H,15,18). The van der Waals surface area contributed by atoms with Gasteiger partial charge in [0.1, 0.15) is 6.04 Å². The molecule has 1 aromatic heterocycles. The molecule has 6 heteroatoms. The number of nitrogens with zero attached hydrogens (tertiary/aromatic N) is 1. The van der Waals surface area contributed by atoms with E-state index in [1.807, 2.05) is 0 Å². The number of carbonyl (C=O) groups excluding carboxylic acids is 2. The van der Waals surface area contributed by atoms with E-state index in [1.54, 1.807) is 31.0 Å². The van der Waals surface area contributed by atoms with Gasteiger partial charge in [0.05, 0.1) is 12.4 Å². The summed E-state index contributed by atoms with van der Waals surface area (Å²) in [5.41, 5.74) is 0. The second-order valence-corrected chi connectivity index (χ2v) is 5.38. The van der Waals surface area contributed by atoms with Gasteiger partial charge in [0, 0.05) is 13.6 Å². The summed E-state index contributed by atoms with van der Waals surface area (Å²) in [4.78, 5) is 25.5. The summed E-state index contributed by atoms with van der Waals surface area (Å²) in [6.07, 6.45) is 2.67. The van der Waals surface area contributed by atoms with Crippen LogP contribution in [0.1, 0.15) is 30.3 Å². The van der Waals surface area contributed by atoms with Crippen molar-refractivity contribution < 1.29 is 19.1 Å². The zero-order valence-corrected chi connectivity index (χ0v) is 11.7. The molecule has 0 spiro atoms. The van der Waals surface area contributed by atoms with Crippen LogP contribution in [-0.2, 0) is 4.79 Å². The lowest BCUT2D eigenvalue weighted by molar-refractivity contribution is -0.133. The summed E-state index contributed by atoms with van der Waals surface area (Å²) >= 11 is 0. The minimum Gasteiger partial charge on any atom is -0.459 e. The van der Waals surface area contributed by atoms with Crippen molar-refractivity contribution in [1.29, 1.82) is 0 Å². The highest BCUT2D eigenvalue weighted by atomic mass is 16.3. The van der Waals surface area contributed by atoms with Gasteiger partial charge < -0.3 is 19.7 Å². The minimum atomic E-state index is -0.609. The van der Waals surface area contributed by atoms with Crippen molar-refractivity contribution >= 4 is 11.8 Å². The van der Waals surface area contributed by atoms with Gasteiger partial charge in [0.15, 0.2) is 5.76 Å². The van der Waals surface area contributed by atoms with E-state index in [9.17, 15) is 14.7 Å². The minimum absolute atomic E-state index is 0.147. The van der Waals surface area contributed by atoms with Gasteiger partial charge in [0.25, 0.3) is 5.91 Å². The van der Waals surface area contributed by atoms with E-state index in [0.29, 0.717) is 12.5 Å². The van der Waals surface area contributed by atoms with Gasteiger partial charge in [0.2, 0.25) is 5.91 Å². The van der Waals surface area contributed by atoms with Crippen LogP contribution in [0.2, 0.25) is 0 Å². The van der Waals surface area contributed by atoms with E-state index in [0.717, 1.165) is 12.8 Å². The Labute approximate surface area is 117 Å². The molecule has 6 nitrogen and oxygen atoms in total. The molecule has 1 aliphatic carbocycles. The fourth-order valence-corrected chi connectivity index (χ4v) is 2.39. The van der Waals surface area contributed by atoms with Crippen LogP contribution in [0.4, 0.5) is 0 Å². The van der Waals surface area contributed by atoms with Gasteiger partial charge in [-0.05, 0) is 37.8 Å². The maximum Gasteiger partial charge on any atom is 0.287 e. The second-order valence-electron chi connectivity index (χ2n) is 5.38. The Balaban J connectivity index is 1.80. The highest BCUT2D eigenvalue weighted by molar-refractivity contribution is 5.95. The van der Waals surface area contributed by atoms with Crippen LogP contribution in [0.5, 0.6) is 0 Å². The number of aliphatic hydroxyl groups is 1. The first kappa shape index (κ1) is 14.6. The van der Waals surface area contributed by atoms with Crippen molar-refractivity contribution in [3.8, 4) is 0 Å². The number of rotatable bonds is 5. The lowest BCUT2D eigenvalue weighted by Crippen LogP contribution is -2.48. The molecule has 0 bridgehead atoms. The topological polar surface area (TPSA) is 82.8 Å². The zero-order chi connectivity index (χ0) is 14.7. The van der Waals surface area contributed by atoms with Gasteiger partial charge in [-0.25, -0.2) is 0 Å². The molecule has 2 N–H and O–H groups in total. The molecule has 2 amide bonds. The third-order valence-electron chi connectivity index (χ3n) is 3.58. The SMILES string of the molecule is CC(NC(=O)c1ccco1)C(=O)N(C)CC1CC(O)C1. The molecule has 1 atom stereocenters. The predicted molar refractivity (Wildman–Crippen MR) is 72.0 cm³/mol. The molecule has 0 aliphatic heterocycles. The van der Waals surface area contributed by atoms with Crippen molar-refractivity contribution in [1.82, 2.24) is 10.2 Å². The molecule has 1 unspecified atom stereocenters. The predicted octanol–water partition coefficient (Wildman–Crippen LogP) is 0.627. The average molecular weight is 280 g/mol. The molecular formula is C14H20N2O4. The van der Waals surface area contributed by atoms with Crippen LogP contribution in [0.25, 0.3) is 0 Å². The van der Waals surface area contributed by atoms with Crippen LogP contribution in [0.3, 0.4) is 0 Å². The van der Waals surface area contributed by atoms with E-state index in [-0.39, 0.29) is 17.8 Å². The van der Waals surface area contributed by atoms with Crippen LogP contribution in [-0.4, -0.2) is 47.6 Å². The first-order valence-electron chi connectivity index (χ1n) is 6.74. The summed E-state index contributed by atoms with van der Waals surface area (Å²) in [6.45, 7) is 2.26. The van der Waals surface area contributed by atoms with E-state index >= 15 is 0 Å². The number of aliphatic hydroxyl groups excluding tert-OH is 1. The number of nitrogens with one attached hydrogen (secondary N) is 1. The summed E-state index contributed by atoms with van der Waals surface area (Å²) in [6, 6.07) is 2.56. The Hall–Kier alpha value is -1.82. The van der Waals surface area contributed by atoms with Gasteiger partial charge in [-0.3, -0.25) is 9.59 Å². The van der Waals surface area contributed by atoms with Crippen molar-refractivity contribution in [3.05, 3.63) is 24.2 Å². The summed E-state index contributed by atoms with van der Waals surface area (Å²) < 4.78 is 4.97. The molecule has 0 saturated heterocycles. The van der Waals surface area contributed by atoms with Crippen LogP contribution in [0, 0.1) is 5.92 Å². The monoisotopic (exact) mass is 280 g/mol. The molecule has 1 fully saturated rings. The van der Waals surface area contributed by atoms with Gasteiger partial charge >= 0.3 is 0 Å². The molecule has 1 aliphatic rings. The Kier molecular flexibility index (Phi) is 4.44. The highest BCUT2D eigenvalue weighted by Gasteiger charge is 2.30. The largest absolute Gasteiger partial charge is 0.459 e. The Morgan fingerprint density at radius 1 is 1.55 bits per heavy atom. The van der Waals surface area contributed by atoms with Crippen LogP contribution >= 0.6 is 0 Å². The molecule has 0 aromatic carbocycles. The molecule has 0 radical (unpaired) electrons. The molecule has 1 saturated carbocycles. The number of amides is 2. The van der Waals surface area contributed by atoms with Crippen molar-refractivity contribution in [3.63, 3.8) is 0 Å². The lowest BCUT2D eigenvalue weighted by atomic mass is 9.82. The quantitative estimate of drug-likeness (QED) is 0.828. The third kappa shape index (κ3) is 3.39. The Morgan fingerprint density at radius 3 is 2.80 bits per heavy atom. The van der Waals surface area contributed by atoms with E-state index in [4.69, 9.17) is 4.42 Å². The molecule has 1 aromatic rings.